The minimum atomic E-state index is -0.771. The second-order valence-electron chi connectivity index (χ2n) is 18.3. The summed E-state index contributed by atoms with van der Waals surface area (Å²) in [4.78, 5) is 75.7. The average Bonchev–Trinajstić information content (AvgIpc) is 3.98. The van der Waals surface area contributed by atoms with Crippen LogP contribution in [-0.2, 0) is 45.2 Å². The number of fused-ring (bicyclic) bond motifs is 6. The number of phenols is 2. The second kappa shape index (κ2) is 17.5. The van der Waals surface area contributed by atoms with Crippen LogP contribution in [0.4, 0.5) is 9.18 Å². The van der Waals surface area contributed by atoms with E-state index in [0.717, 1.165) is 46.8 Å². The molecule has 0 saturated carbocycles. The normalized spacial score (nSPS) is 18.7. The van der Waals surface area contributed by atoms with Crippen molar-refractivity contribution in [3.63, 3.8) is 0 Å². The summed E-state index contributed by atoms with van der Waals surface area (Å²) >= 11 is 0. The molecule has 4 N–H and O–H groups in total. The van der Waals surface area contributed by atoms with E-state index in [9.17, 15) is 34.2 Å². The van der Waals surface area contributed by atoms with Crippen molar-refractivity contribution in [2.24, 2.45) is 0 Å². The standard InChI is InChI=1S/C50H51FN8O9/c1-5-28(22-60)33-15-40-46-35(21-57(40)48(64)36(33)23-67-4)45-38(13-12-32-26(3)37(51)16-39(52-46)44(32)45)53-50(66)68-24-43(63)58-30-10-11-31(58)20-56(19-30)18-27-6-8-29(9-7-27)59-47(54-55-49(59)65)34-14-25(2)41(61)17-42(34)62/h6-9,14-17,22,28,30-31,38,61-62H,5,10-13,18-21,23-24H2,1-4H3,(H,53,66)(H,55,65). The number of likely N-dealkylation sites (tertiary alicyclic amines) is 1. The number of carbonyl (C=O) groups is 3. The van der Waals surface area contributed by atoms with Gasteiger partial charge in [0.25, 0.3) is 11.5 Å². The van der Waals surface area contributed by atoms with Gasteiger partial charge in [0.15, 0.2) is 12.4 Å². The van der Waals surface area contributed by atoms with Gasteiger partial charge < -0.3 is 39.3 Å². The van der Waals surface area contributed by atoms with Crippen LogP contribution in [-0.4, -0.2) is 102 Å². The number of nitrogens with one attached hydrogen (secondary N) is 2. The molecule has 4 atom stereocenters. The molecule has 0 spiro atoms. The van der Waals surface area contributed by atoms with Crippen molar-refractivity contribution in [3.8, 4) is 40.0 Å². The first-order chi connectivity index (χ1) is 32.8. The van der Waals surface area contributed by atoms with Gasteiger partial charge in [0.2, 0.25) is 0 Å². The third-order valence-corrected chi connectivity index (χ3v) is 14.4. The third-order valence-electron chi connectivity index (χ3n) is 14.4. The molecule has 68 heavy (non-hydrogen) atoms. The van der Waals surface area contributed by atoms with E-state index in [1.807, 2.05) is 30.0 Å². The summed E-state index contributed by atoms with van der Waals surface area (Å²) < 4.78 is 29.5. The van der Waals surface area contributed by atoms with Crippen molar-refractivity contribution >= 4 is 29.2 Å². The number of phenolic OH excluding ortho intramolecular Hbond substituents is 2. The maximum Gasteiger partial charge on any atom is 0.408 e. The number of halogens is 1. The monoisotopic (exact) mass is 926 g/mol. The Morgan fingerprint density at radius 1 is 1.01 bits per heavy atom. The molecule has 2 fully saturated rings. The molecule has 2 amide bonds. The fourth-order valence-electron chi connectivity index (χ4n) is 11.0. The van der Waals surface area contributed by atoms with Crippen molar-refractivity contribution in [1.82, 2.24) is 39.4 Å². The molecule has 3 aromatic carbocycles. The van der Waals surface area contributed by atoms with Crippen LogP contribution in [0.3, 0.4) is 0 Å². The van der Waals surface area contributed by atoms with Gasteiger partial charge in [-0.2, -0.15) is 5.10 Å². The summed E-state index contributed by atoms with van der Waals surface area (Å²) in [5.41, 5.74) is 6.64. The highest BCUT2D eigenvalue weighted by Crippen LogP contribution is 2.45. The Labute approximate surface area is 389 Å². The number of methoxy groups -OCH3 is 1. The zero-order valence-corrected chi connectivity index (χ0v) is 38.1. The summed E-state index contributed by atoms with van der Waals surface area (Å²) in [6.45, 7) is 6.86. The number of aromatic hydroxyl groups is 2. The quantitative estimate of drug-likeness (QED) is 0.111. The molecule has 6 aromatic rings. The van der Waals surface area contributed by atoms with Crippen molar-refractivity contribution in [2.45, 2.75) is 96.6 Å². The number of piperazine rings is 1. The first-order valence-corrected chi connectivity index (χ1v) is 22.9. The maximum absolute atomic E-state index is 15.4. The van der Waals surface area contributed by atoms with E-state index in [1.54, 1.807) is 36.6 Å². The lowest BCUT2D eigenvalue weighted by Gasteiger charge is -2.41. The summed E-state index contributed by atoms with van der Waals surface area (Å²) in [6, 6.07) is 12.7. The third kappa shape index (κ3) is 7.51. The lowest BCUT2D eigenvalue weighted by atomic mass is 9.82. The van der Waals surface area contributed by atoms with Gasteiger partial charge in [-0.25, -0.2) is 28.6 Å². The molecule has 3 aliphatic heterocycles. The summed E-state index contributed by atoms with van der Waals surface area (Å²) in [5, 5.41) is 30.9. The Balaban J connectivity index is 0.822. The van der Waals surface area contributed by atoms with Crippen molar-refractivity contribution in [1.29, 1.82) is 0 Å². The Kier molecular flexibility index (Phi) is 11.5. The predicted octanol–water partition coefficient (Wildman–Crippen LogP) is 5.56. The number of aldehydes is 1. The van der Waals surface area contributed by atoms with Crippen molar-refractivity contribution in [2.75, 3.05) is 26.8 Å². The minimum absolute atomic E-state index is 0.0190. The van der Waals surface area contributed by atoms with E-state index in [0.29, 0.717) is 89.3 Å². The number of benzene rings is 3. The lowest BCUT2D eigenvalue weighted by molar-refractivity contribution is -0.140. The second-order valence-corrected chi connectivity index (χ2v) is 18.3. The highest BCUT2D eigenvalue weighted by molar-refractivity contribution is 5.93. The van der Waals surface area contributed by atoms with Crippen LogP contribution < -0.4 is 16.6 Å². The van der Waals surface area contributed by atoms with Crippen LogP contribution in [0.25, 0.3) is 39.4 Å². The Morgan fingerprint density at radius 2 is 1.76 bits per heavy atom. The van der Waals surface area contributed by atoms with E-state index in [1.165, 1.54) is 23.8 Å². The summed E-state index contributed by atoms with van der Waals surface area (Å²) in [5.74, 6) is -1.30. The van der Waals surface area contributed by atoms with E-state index >= 15 is 4.39 Å². The molecule has 10 rings (SSSR count). The van der Waals surface area contributed by atoms with E-state index in [-0.39, 0.29) is 54.0 Å². The first-order valence-electron chi connectivity index (χ1n) is 22.9. The number of amides is 2. The predicted molar refractivity (Wildman–Crippen MR) is 247 cm³/mol. The number of hydrogen-bond acceptors (Lipinski definition) is 12. The van der Waals surface area contributed by atoms with Gasteiger partial charge in [-0.1, -0.05) is 19.1 Å². The molecule has 6 heterocycles. The van der Waals surface area contributed by atoms with Crippen LogP contribution in [0.2, 0.25) is 0 Å². The van der Waals surface area contributed by atoms with Gasteiger partial charge in [-0.15, -0.1) is 0 Å². The van der Waals surface area contributed by atoms with Gasteiger partial charge in [0.1, 0.15) is 23.6 Å². The Hall–Kier alpha value is -7.18. The van der Waals surface area contributed by atoms with E-state index in [4.69, 9.17) is 14.5 Å². The summed E-state index contributed by atoms with van der Waals surface area (Å²) in [7, 11) is 1.49. The van der Waals surface area contributed by atoms with E-state index in [2.05, 4.69) is 20.4 Å². The van der Waals surface area contributed by atoms with Crippen LogP contribution in [0, 0.1) is 19.7 Å². The number of pyridine rings is 2. The van der Waals surface area contributed by atoms with Crippen molar-refractivity contribution in [3.05, 3.63) is 120 Å². The first kappa shape index (κ1) is 44.6. The number of ether oxygens (including phenoxy) is 2. The number of nitrogens with zero attached hydrogens (tertiary/aromatic N) is 6. The zero-order valence-electron chi connectivity index (χ0n) is 38.1. The van der Waals surface area contributed by atoms with Crippen LogP contribution in [0.1, 0.15) is 89.1 Å². The van der Waals surface area contributed by atoms with Crippen LogP contribution >= 0.6 is 0 Å². The number of hydrogen-bond donors (Lipinski definition) is 4. The summed E-state index contributed by atoms with van der Waals surface area (Å²) in [6.07, 6.45) is 3.03. The molecule has 17 nitrogen and oxygen atoms in total. The molecule has 1 aliphatic carbocycles. The molecule has 352 valence electrons. The smallest absolute Gasteiger partial charge is 0.408 e. The molecule has 4 aliphatic rings. The number of carbonyl (C=O) groups excluding carboxylic acids is 3. The fraction of sp³-hybridized carbons (Fsp3) is 0.380. The molecule has 3 aromatic heterocycles. The molecular formula is C50H51FN8O9. The molecule has 18 heteroatoms. The molecule has 2 bridgehead atoms. The number of aromatic nitrogens is 5. The number of aryl methyl sites for hydroxylation is 2. The van der Waals surface area contributed by atoms with Crippen LogP contribution in [0.5, 0.6) is 11.5 Å². The molecule has 4 unspecified atom stereocenters. The van der Waals surface area contributed by atoms with Gasteiger partial charge in [-0.05, 0) is 104 Å². The van der Waals surface area contributed by atoms with Gasteiger partial charge in [0, 0.05) is 73.4 Å². The number of H-pyrrole nitrogens is 1. The van der Waals surface area contributed by atoms with Gasteiger partial charge in [-0.3, -0.25) is 14.5 Å². The van der Waals surface area contributed by atoms with Gasteiger partial charge >= 0.3 is 11.8 Å². The fourth-order valence-corrected chi connectivity index (χ4v) is 11.0. The minimum Gasteiger partial charge on any atom is -0.508 e. The molecular weight excluding hydrogens is 876 g/mol. The average molecular weight is 927 g/mol. The number of rotatable bonds is 12. The Bertz CT molecular complexity index is 3170. The SMILES string of the molecule is CCC(C=O)c1cc2n(c(=O)c1COC)Cc1c-2nc2cc(F)c(C)c3c2c1C(NC(=O)OCC(=O)N1C2CCC1CN(Cc1ccc(-n4c(-c5cc(C)c(O)cc5O)n[nH]c4=O)cc1)C2)CC3. The van der Waals surface area contributed by atoms with Gasteiger partial charge in [0.05, 0.1) is 47.3 Å². The largest absolute Gasteiger partial charge is 0.508 e. The highest BCUT2D eigenvalue weighted by atomic mass is 19.1. The number of aromatic amines is 1. The zero-order chi connectivity index (χ0) is 47.7. The number of alkyl carbamates (subject to hydrolysis) is 1. The van der Waals surface area contributed by atoms with E-state index < -0.39 is 36.2 Å². The maximum atomic E-state index is 15.4. The topological polar surface area (TPSA) is 214 Å². The van der Waals surface area contributed by atoms with Crippen molar-refractivity contribution < 1.29 is 38.5 Å². The molecule has 0 radical (unpaired) electrons. The lowest BCUT2D eigenvalue weighted by Crippen LogP contribution is -2.56. The molecule has 2 saturated heterocycles. The van der Waals surface area contributed by atoms with Crippen LogP contribution in [0.15, 0.2) is 58.1 Å². The Morgan fingerprint density at radius 3 is 2.47 bits per heavy atom. The highest BCUT2D eigenvalue weighted by Gasteiger charge is 2.43.